The van der Waals surface area contributed by atoms with Crippen molar-refractivity contribution in [3.63, 3.8) is 0 Å². The van der Waals surface area contributed by atoms with E-state index in [0.717, 1.165) is 25.2 Å². The maximum Gasteiger partial charge on any atom is 0.123 e. The number of hydrogen-bond acceptors (Lipinski definition) is 2. The Bertz CT molecular complexity index is 405. The molecule has 1 aliphatic heterocycles. The Kier molecular flexibility index (Phi) is 4.36. The van der Waals surface area contributed by atoms with Crippen molar-refractivity contribution < 1.29 is 4.39 Å². The molecule has 0 bridgehead atoms. The van der Waals surface area contributed by atoms with Crippen molar-refractivity contribution in [2.75, 3.05) is 26.7 Å². The van der Waals surface area contributed by atoms with Gasteiger partial charge < -0.3 is 5.32 Å². The Labute approximate surface area is 109 Å². The minimum atomic E-state index is -0.127. The van der Waals surface area contributed by atoms with E-state index in [2.05, 4.69) is 31.1 Å². The molecule has 3 heteroatoms. The summed E-state index contributed by atoms with van der Waals surface area (Å²) in [7, 11) is 2.14. The van der Waals surface area contributed by atoms with Crippen LogP contribution in [0.2, 0.25) is 0 Å². The SMILES string of the molecule is CCNCC1CCN(C)C1c1cc(F)ccc1C. The molecule has 2 atom stereocenters. The lowest BCUT2D eigenvalue weighted by Crippen LogP contribution is -2.29. The lowest BCUT2D eigenvalue weighted by atomic mass is 9.91. The molecule has 1 aromatic carbocycles. The second-order valence-corrected chi connectivity index (χ2v) is 5.28. The minimum absolute atomic E-state index is 0.127. The topological polar surface area (TPSA) is 15.3 Å². The van der Waals surface area contributed by atoms with E-state index in [1.807, 2.05) is 6.07 Å². The first-order chi connectivity index (χ1) is 8.63. The maximum atomic E-state index is 13.5. The van der Waals surface area contributed by atoms with Crippen LogP contribution in [0.5, 0.6) is 0 Å². The number of nitrogens with one attached hydrogen (secondary N) is 1. The lowest BCUT2D eigenvalue weighted by Gasteiger charge is -2.27. The van der Waals surface area contributed by atoms with Crippen LogP contribution in [-0.4, -0.2) is 31.6 Å². The smallest absolute Gasteiger partial charge is 0.123 e. The number of benzene rings is 1. The summed E-state index contributed by atoms with van der Waals surface area (Å²) in [5.74, 6) is 0.452. The van der Waals surface area contributed by atoms with Gasteiger partial charge in [0.25, 0.3) is 0 Å². The summed E-state index contributed by atoms with van der Waals surface area (Å²) >= 11 is 0. The van der Waals surface area contributed by atoms with Crippen molar-refractivity contribution in [2.24, 2.45) is 5.92 Å². The third-order valence-electron chi connectivity index (χ3n) is 3.99. The summed E-state index contributed by atoms with van der Waals surface area (Å²) in [6, 6.07) is 5.49. The van der Waals surface area contributed by atoms with E-state index in [1.54, 1.807) is 12.1 Å². The standard InChI is InChI=1S/C15H23FN2/c1-4-17-10-12-7-8-18(3)15(12)14-9-13(16)6-5-11(14)2/h5-6,9,12,15,17H,4,7-8,10H2,1-3H3. The van der Waals surface area contributed by atoms with Gasteiger partial charge in [-0.25, -0.2) is 4.39 Å². The number of aryl methyl sites for hydroxylation is 1. The Hall–Kier alpha value is -0.930. The molecular weight excluding hydrogens is 227 g/mol. The summed E-state index contributed by atoms with van der Waals surface area (Å²) in [6.07, 6.45) is 1.18. The van der Waals surface area contributed by atoms with Gasteiger partial charge in [0.2, 0.25) is 0 Å². The quantitative estimate of drug-likeness (QED) is 0.884. The molecule has 0 aromatic heterocycles. The second-order valence-electron chi connectivity index (χ2n) is 5.28. The van der Waals surface area contributed by atoms with Crippen molar-refractivity contribution in [3.8, 4) is 0 Å². The Balaban J connectivity index is 2.24. The first-order valence-electron chi connectivity index (χ1n) is 6.80. The molecule has 1 fully saturated rings. The molecule has 18 heavy (non-hydrogen) atoms. The predicted molar refractivity (Wildman–Crippen MR) is 73.2 cm³/mol. The minimum Gasteiger partial charge on any atom is -0.317 e. The fourth-order valence-electron chi connectivity index (χ4n) is 2.99. The van der Waals surface area contributed by atoms with Gasteiger partial charge in [-0.1, -0.05) is 13.0 Å². The van der Waals surface area contributed by atoms with Crippen molar-refractivity contribution in [3.05, 3.63) is 35.1 Å². The van der Waals surface area contributed by atoms with E-state index in [4.69, 9.17) is 0 Å². The lowest BCUT2D eigenvalue weighted by molar-refractivity contribution is 0.271. The molecule has 1 aliphatic rings. The van der Waals surface area contributed by atoms with Crippen LogP contribution in [0.4, 0.5) is 4.39 Å². The predicted octanol–water partition coefficient (Wildman–Crippen LogP) is 2.74. The van der Waals surface area contributed by atoms with Crippen molar-refractivity contribution >= 4 is 0 Å². The Morgan fingerprint density at radius 1 is 1.44 bits per heavy atom. The van der Waals surface area contributed by atoms with Gasteiger partial charge >= 0.3 is 0 Å². The largest absolute Gasteiger partial charge is 0.317 e. The summed E-state index contributed by atoms with van der Waals surface area (Å²) in [4.78, 5) is 2.35. The van der Waals surface area contributed by atoms with E-state index in [9.17, 15) is 4.39 Å². The molecule has 0 spiro atoms. The highest BCUT2D eigenvalue weighted by atomic mass is 19.1. The van der Waals surface area contributed by atoms with Crippen LogP contribution in [0.3, 0.4) is 0 Å². The van der Waals surface area contributed by atoms with E-state index in [1.165, 1.54) is 12.0 Å². The second kappa shape index (κ2) is 5.81. The van der Waals surface area contributed by atoms with Gasteiger partial charge in [-0.3, -0.25) is 4.90 Å². The number of halogens is 1. The van der Waals surface area contributed by atoms with Crippen LogP contribution >= 0.6 is 0 Å². The van der Waals surface area contributed by atoms with Crippen molar-refractivity contribution in [1.82, 2.24) is 10.2 Å². The third-order valence-corrected chi connectivity index (χ3v) is 3.99. The molecular formula is C15H23FN2. The van der Waals surface area contributed by atoms with Crippen LogP contribution in [0.25, 0.3) is 0 Å². The molecule has 0 radical (unpaired) electrons. The highest BCUT2D eigenvalue weighted by Gasteiger charge is 2.33. The summed E-state index contributed by atoms with van der Waals surface area (Å²) in [6.45, 7) is 7.31. The summed E-state index contributed by atoms with van der Waals surface area (Å²) in [5, 5.41) is 3.42. The normalized spacial score (nSPS) is 24.7. The zero-order valence-electron chi connectivity index (χ0n) is 11.5. The van der Waals surface area contributed by atoms with Gasteiger partial charge in [0.15, 0.2) is 0 Å². The first-order valence-corrected chi connectivity index (χ1v) is 6.80. The molecule has 2 unspecified atom stereocenters. The molecule has 100 valence electrons. The van der Waals surface area contributed by atoms with Gasteiger partial charge in [-0.05, 0) is 69.2 Å². The van der Waals surface area contributed by atoms with Gasteiger partial charge in [-0.2, -0.15) is 0 Å². The number of nitrogens with zero attached hydrogens (tertiary/aromatic N) is 1. The van der Waals surface area contributed by atoms with E-state index in [0.29, 0.717) is 12.0 Å². The van der Waals surface area contributed by atoms with Crippen molar-refractivity contribution in [1.29, 1.82) is 0 Å². The van der Waals surface area contributed by atoms with Gasteiger partial charge in [-0.15, -0.1) is 0 Å². The van der Waals surface area contributed by atoms with E-state index < -0.39 is 0 Å². The van der Waals surface area contributed by atoms with Crippen LogP contribution in [-0.2, 0) is 0 Å². The molecule has 0 saturated carbocycles. The number of likely N-dealkylation sites (tertiary alicyclic amines) is 1. The fourth-order valence-corrected chi connectivity index (χ4v) is 2.99. The molecule has 1 aromatic rings. The van der Waals surface area contributed by atoms with E-state index >= 15 is 0 Å². The Morgan fingerprint density at radius 3 is 2.94 bits per heavy atom. The van der Waals surface area contributed by atoms with Crippen molar-refractivity contribution in [2.45, 2.75) is 26.3 Å². The molecule has 0 amide bonds. The average Bonchev–Trinajstić information content (AvgIpc) is 2.71. The summed E-state index contributed by atoms with van der Waals surface area (Å²) in [5.41, 5.74) is 2.34. The van der Waals surface area contributed by atoms with Crippen LogP contribution in [0, 0.1) is 18.7 Å². The van der Waals surface area contributed by atoms with Crippen LogP contribution < -0.4 is 5.32 Å². The van der Waals surface area contributed by atoms with Gasteiger partial charge in [0.05, 0.1) is 0 Å². The first kappa shape index (κ1) is 13.5. The molecule has 2 nitrogen and oxygen atoms in total. The number of rotatable bonds is 4. The average molecular weight is 250 g/mol. The van der Waals surface area contributed by atoms with Crippen LogP contribution in [0.15, 0.2) is 18.2 Å². The highest BCUT2D eigenvalue weighted by molar-refractivity contribution is 5.31. The summed E-state index contributed by atoms with van der Waals surface area (Å²) < 4.78 is 13.5. The monoisotopic (exact) mass is 250 g/mol. The van der Waals surface area contributed by atoms with Crippen LogP contribution in [0.1, 0.15) is 30.5 Å². The molecule has 0 aliphatic carbocycles. The zero-order chi connectivity index (χ0) is 13.1. The Morgan fingerprint density at radius 2 is 2.22 bits per heavy atom. The maximum absolute atomic E-state index is 13.5. The fraction of sp³-hybridized carbons (Fsp3) is 0.600. The molecule has 1 saturated heterocycles. The van der Waals surface area contributed by atoms with Gasteiger partial charge in [0.1, 0.15) is 5.82 Å². The molecule has 1 heterocycles. The molecule has 1 N–H and O–H groups in total. The zero-order valence-corrected chi connectivity index (χ0v) is 11.5. The van der Waals surface area contributed by atoms with Gasteiger partial charge in [0, 0.05) is 6.04 Å². The molecule has 2 rings (SSSR count). The van der Waals surface area contributed by atoms with E-state index in [-0.39, 0.29) is 5.82 Å². The highest BCUT2D eigenvalue weighted by Crippen LogP contribution is 2.37. The third kappa shape index (κ3) is 2.73. The number of hydrogen-bond donors (Lipinski definition) is 1.